The van der Waals surface area contributed by atoms with Crippen LogP contribution < -0.4 is 8.92 Å². The number of hydrogen-bond acceptors (Lipinski definition) is 9. The zero-order chi connectivity index (χ0) is 25.3. The molecule has 0 fully saturated rings. The second-order valence-electron chi connectivity index (χ2n) is 7.45. The summed E-state index contributed by atoms with van der Waals surface area (Å²) in [4.78, 5) is 20.8. The number of benzene rings is 2. The number of carbonyl (C=O) groups excluding carboxylic acids is 1. The number of pyridine rings is 1. The van der Waals surface area contributed by atoms with Gasteiger partial charge in [0.2, 0.25) is 5.17 Å². The van der Waals surface area contributed by atoms with Crippen LogP contribution in [0.25, 0.3) is 6.08 Å². The standard InChI is InChI=1S/C24H17N5O5S2/c1-33-17-8-10-19(11-9-17)36(31,32)34-18-6-4-15(5-7-18)13-20-21(25)29-24(27-22(20)30)35-23(28-29)16-3-2-12-26-14-16/h2-14,25H,1H3. The largest absolute Gasteiger partial charge is 0.497 e. The number of fused-ring (bicyclic) bond motifs is 1. The quantitative estimate of drug-likeness (QED) is 0.386. The highest BCUT2D eigenvalue weighted by Gasteiger charge is 2.36. The Labute approximate surface area is 210 Å². The Balaban J connectivity index is 1.34. The molecule has 0 radical (unpaired) electrons. The van der Waals surface area contributed by atoms with Crippen LogP contribution in [-0.2, 0) is 14.9 Å². The van der Waals surface area contributed by atoms with Crippen molar-refractivity contribution in [1.82, 2.24) is 9.99 Å². The van der Waals surface area contributed by atoms with Crippen LogP contribution in [0.4, 0.5) is 0 Å². The summed E-state index contributed by atoms with van der Waals surface area (Å²) in [6.45, 7) is 0. The molecule has 0 spiro atoms. The normalized spacial score (nSPS) is 16.5. The summed E-state index contributed by atoms with van der Waals surface area (Å²) in [7, 11) is -2.55. The third-order valence-electron chi connectivity index (χ3n) is 5.11. The maximum atomic E-state index is 12.6. The molecule has 0 bridgehead atoms. The minimum atomic E-state index is -4.04. The predicted molar refractivity (Wildman–Crippen MR) is 136 cm³/mol. The highest BCUT2D eigenvalue weighted by atomic mass is 32.2. The number of amides is 1. The molecular formula is C24H17N5O5S2. The van der Waals surface area contributed by atoms with Gasteiger partial charge >= 0.3 is 10.1 Å². The molecule has 10 nitrogen and oxygen atoms in total. The van der Waals surface area contributed by atoms with Crippen LogP contribution in [0.2, 0.25) is 0 Å². The highest BCUT2D eigenvalue weighted by Crippen LogP contribution is 2.31. The SMILES string of the molecule is COc1ccc(S(=O)(=O)Oc2ccc(C=C3C(=N)N4N=C(c5cccnc5)SC4=NC3=O)cc2)cc1. The van der Waals surface area contributed by atoms with Gasteiger partial charge in [-0.2, -0.15) is 23.5 Å². The van der Waals surface area contributed by atoms with Gasteiger partial charge in [-0.25, -0.2) is 0 Å². The molecule has 180 valence electrons. The maximum absolute atomic E-state index is 12.6. The molecule has 36 heavy (non-hydrogen) atoms. The molecular weight excluding hydrogens is 502 g/mol. The van der Waals surface area contributed by atoms with E-state index >= 15 is 0 Å². The first-order valence-electron chi connectivity index (χ1n) is 10.4. The molecule has 0 atom stereocenters. The number of carbonyl (C=O) groups is 1. The summed E-state index contributed by atoms with van der Waals surface area (Å²) in [5.74, 6) is -0.0558. The zero-order valence-electron chi connectivity index (χ0n) is 18.7. The third kappa shape index (κ3) is 4.63. The molecule has 1 aromatic heterocycles. The minimum Gasteiger partial charge on any atom is -0.497 e. The van der Waals surface area contributed by atoms with Crippen molar-refractivity contribution in [3.8, 4) is 11.5 Å². The Morgan fingerprint density at radius 2 is 1.75 bits per heavy atom. The van der Waals surface area contributed by atoms with Gasteiger partial charge in [0.25, 0.3) is 5.91 Å². The summed E-state index contributed by atoms with van der Waals surface area (Å²) < 4.78 is 35.3. The Bertz CT molecular complexity index is 1550. The lowest BCUT2D eigenvalue weighted by Crippen LogP contribution is -2.35. The lowest BCUT2D eigenvalue weighted by atomic mass is 10.1. The number of thioether (sulfide) groups is 1. The topological polar surface area (TPSA) is 134 Å². The monoisotopic (exact) mass is 519 g/mol. The molecule has 0 saturated heterocycles. The molecule has 2 aliphatic heterocycles. The van der Waals surface area contributed by atoms with E-state index in [-0.39, 0.29) is 22.1 Å². The number of hydrogen-bond donors (Lipinski definition) is 1. The van der Waals surface area contributed by atoms with Crippen LogP contribution in [0, 0.1) is 5.41 Å². The summed E-state index contributed by atoms with van der Waals surface area (Å²) >= 11 is 1.19. The fourth-order valence-electron chi connectivity index (χ4n) is 3.30. The predicted octanol–water partition coefficient (Wildman–Crippen LogP) is 3.53. The number of nitrogens with one attached hydrogen (secondary N) is 1. The van der Waals surface area contributed by atoms with Gasteiger partial charge in [-0.05, 0) is 71.9 Å². The van der Waals surface area contributed by atoms with Crippen molar-refractivity contribution < 1.29 is 22.1 Å². The van der Waals surface area contributed by atoms with Gasteiger partial charge < -0.3 is 8.92 Å². The Hall–Kier alpha value is -4.29. The maximum Gasteiger partial charge on any atom is 0.339 e. The van der Waals surface area contributed by atoms with E-state index in [1.54, 1.807) is 30.6 Å². The van der Waals surface area contributed by atoms with Gasteiger partial charge in [-0.3, -0.25) is 15.2 Å². The number of methoxy groups -OCH3 is 1. The first kappa shape index (κ1) is 23.5. The lowest BCUT2D eigenvalue weighted by Gasteiger charge is -2.20. The van der Waals surface area contributed by atoms with Crippen molar-refractivity contribution in [3.05, 3.63) is 89.8 Å². The average molecular weight is 520 g/mol. The van der Waals surface area contributed by atoms with Crippen LogP contribution in [0.15, 0.2) is 93.6 Å². The molecule has 0 unspecified atom stereocenters. The molecule has 1 N–H and O–H groups in total. The van der Waals surface area contributed by atoms with Gasteiger partial charge in [0.1, 0.15) is 21.4 Å². The second-order valence-corrected chi connectivity index (χ2v) is 9.95. The highest BCUT2D eigenvalue weighted by molar-refractivity contribution is 8.27. The van der Waals surface area contributed by atoms with Crippen LogP contribution >= 0.6 is 11.8 Å². The number of hydrazone groups is 1. The van der Waals surface area contributed by atoms with Crippen molar-refractivity contribution in [2.45, 2.75) is 4.90 Å². The molecule has 1 amide bonds. The first-order chi connectivity index (χ1) is 17.3. The van der Waals surface area contributed by atoms with Gasteiger partial charge in [0.05, 0.1) is 12.7 Å². The van der Waals surface area contributed by atoms with Gasteiger partial charge in [0.15, 0.2) is 5.84 Å². The number of ether oxygens (including phenoxy) is 1. The number of aromatic nitrogens is 1. The zero-order valence-corrected chi connectivity index (χ0v) is 20.3. The van der Waals surface area contributed by atoms with Crippen molar-refractivity contribution >= 4 is 49.9 Å². The Morgan fingerprint density at radius 1 is 1.03 bits per heavy atom. The van der Waals surface area contributed by atoms with E-state index in [2.05, 4.69) is 15.1 Å². The van der Waals surface area contributed by atoms with Gasteiger partial charge in [-0.1, -0.05) is 12.1 Å². The van der Waals surface area contributed by atoms with E-state index in [9.17, 15) is 13.2 Å². The summed E-state index contributed by atoms with van der Waals surface area (Å²) in [6.07, 6.45) is 4.78. The van der Waals surface area contributed by atoms with E-state index in [1.165, 1.54) is 66.4 Å². The molecule has 0 saturated carbocycles. The van der Waals surface area contributed by atoms with E-state index in [4.69, 9.17) is 14.3 Å². The third-order valence-corrected chi connectivity index (χ3v) is 7.33. The number of aliphatic imine (C=N–C) groups is 1. The molecule has 12 heteroatoms. The second kappa shape index (κ2) is 9.40. The van der Waals surface area contributed by atoms with Crippen molar-refractivity contribution in [2.75, 3.05) is 7.11 Å². The fraction of sp³-hybridized carbons (Fsp3) is 0.0417. The Morgan fingerprint density at radius 3 is 2.42 bits per heavy atom. The Kier molecular flexibility index (Phi) is 6.12. The average Bonchev–Trinajstić information content (AvgIpc) is 3.32. The molecule has 3 heterocycles. The molecule has 2 aliphatic rings. The van der Waals surface area contributed by atoms with Crippen molar-refractivity contribution in [3.63, 3.8) is 0 Å². The van der Waals surface area contributed by atoms with Crippen LogP contribution in [-0.4, -0.2) is 47.5 Å². The summed E-state index contributed by atoms with van der Waals surface area (Å²) in [5, 5.41) is 15.1. The smallest absolute Gasteiger partial charge is 0.339 e. The molecule has 3 aromatic rings. The number of rotatable bonds is 6. The van der Waals surface area contributed by atoms with Crippen LogP contribution in [0.3, 0.4) is 0 Å². The number of nitrogens with zero attached hydrogens (tertiary/aromatic N) is 4. The lowest BCUT2D eigenvalue weighted by molar-refractivity contribution is -0.114. The fourth-order valence-corrected chi connectivity index (χ4v) is 5.11. The molecule has 0 aliphatic carbocycles. The van der Waals surface area contributed by atoms with E-state index in [1.807, 2.05) is 6.07 Å². The summed E-state index contributed by atoms with van der Waals surface area (Å²) in [6, 6.07) is 15.5. The van der Waals surface area contributed by atoms with E-state index in [0.29, 0.717) is 21.5 Å². The first-order valence-corrected chi connectivity index (χ1v) is 12.7. The van der Waals surface area contributed by atoms with E-state index in [0.717, 1.165) is 5.56 Å². The minimum absolute atomic E-state index is 0.0147. The van der Waals surface area contributed by atoms with Crippen molar-refractivity contribution in [2.24, 2.45) is 10.1 Å². The van der Waals surface area contributed by atoms with Crippen LogP contribution in [0.5, 0.6) is 11.5 Å². The van der Waals surface area contributed by atoms with Crippen LogP contribution in [0.1, 0.15) is 11.1 Å². The molecule has 5 rings (SSSR count). The van der Waals surface area contributed by atoms with Gasteiger partial charge in [-0.15, -0.1) is 0 Å². The van der Waals surface area contributed by atoms with Gasteiger partial charge in [0, 0.05) is 18.0 Å². The molecule has 2 aromatic carbocycles. The number of amidine groups is 2. The summed E-state index contributed by atoms with van der Waals surface area (Å²) in [5.41, 5.74) is 1.36. The van der Waals surface area contributed by atoms with E-state index < -0.39 is 16.0 Å². The van der Waals surface area contributed by atoms with Crippen molar-refractivity contribution in [1.29, 1.82) is 5.41 Å².